The van der Waals surface area contributed by atoms with Gasteiger partial charge in [-0.05, 0) is 53.1 Å². The highest BCUT2D eigenvalue weighted by atomic mass is 14.8. The molecule has 5 rings (SSSR count). The highest BCUT2D eigenvalue weighted by Gasteiger charge is 2.20. The fraction of sp³-hybridized carbons (Fsp3) is 0.0357. The van der Waals surface area contributed by atoms with Gasteiger partial charge in [0.1, 0.15) is 0 Å². The highest BCUT2D eigenvalue weighted by molar-refractivity contribution is 5.64. The van der Waals surface area contributed by atoms with Gasteiger partial charge in [-0.1, -0.05) is 72.8 Å². The zero-order valence-electron chi connectivity index (χ0n) is 17.0. The molecule has 1 atom stereocenters. The van der Waals surface area contributed by atoms with Crippen molar-refractivity contribution in [2.75, 3.05) is 0 Å². The summed E-state index contributed by atoms with van der Waals surface area (Å²) in [5, 5.41) is 0. The van der Waals surface area contributed by atoms with Crippen molar-refractivity contribution in [2.24, 2.45) is 0 Å². The number of hydrogen-bond acceptors (Lipinski definition) is 3. The average molecular weight is 399 g/mol. The lowest BCUT2D eigenvalue weighted by Gasteiger charge is -2.18. The van der Waals surface area contributed by atoms with Crippen molar-refractivity contribution >= 4 is 0 Å². The lowest BCUT2D eigenvalue weighted by molar-refractivity contribution is 0.876. The number of rotatable bonds is 5. The van der Waals surface area contributed by atoms with Gasteiger partial charge in [-0.25, -0.2) is 0 Å². The van der Waals surface area contributed by atoms with Crippen molar-refractivity contribution in [2.45, 2.75) is 5.92 Å². The van der Waals surface area contributed by atoms with Crippen LogP contribution in [0.4, 0.5) is 0 Å². The molecule has 0 N–H and O–H groups in total. The zero-order valence-corrected chi connectivity index (χ0v) is 17.0. The van der Waals surface area contributed by atoms with E-state index in [0.717, 1.165) is 28.3 Å². The molecule has 0 radical (unpaired) electrons. The molecule has 0 fully saturated rings. The summed E-state index contributed by atoms with van der Waals surface area (Å²) in [7, 11) is 0. The summed E-state index contributed by atoms with van der Waals surface area (Å²) in [6.45, 7) is 0. The van der Waals surface area contributed by atoms with Crippen molar-refractivity contribution in [3.8, 4) is 22.5 Å². The molecule has 0 spiro atoms. The molecule has 1 unspecified atom stereocenters. The van der Waals surface area contributed by atoms with Crippen molar-refractivity contribution in [3.05, 3.63) is 139 Å². The summed E-state index contributed by atoms with van der Waals surface area (Å²) >= 11 is 0. The van der Waals surface area contributed by atoms with Crippen LogP contribution in [-0.4, -0.2) is 15.0 Å². The van der Waals surface area contributed by atoms with Crippen LogP contribution in [0.3, 0.4) is 0 Å². The van der Waals surface area contributed by atoms with Crippen LogP contribution in [0.5, 0.6) is 0 Å². The Morgan fingerprint density at radius 2 is 1.10 bits per heavy atom. The summed E-state index contributed by atoms with van der Waals surface area (Å²) in [4.78, 5) is 14.1. The molecule has 3 nitrogen and oxygen atoms in total. The first kappa shape index (κ1) is 18.9. The first-order valence-electron chi connectivity index (χ1n) is 10.3. The molecule has 0 aliphatic heterocycles. The van der Waals surface area contributed by atoms with Crippen molar-refractivity contribution in [1.29, 1.82) is 0 Å². The van der Waals surface area contributed by atoms with Gasteiger partial charge < -0.3 is 0 Å². The van der Waals surface area contributed by atoms with E-state index in [1.165, 1.54) is 11.1 Å². The van der Waals surface area contributed by atoms with Gasteiger partial charge in [-0.3, -0.25) is 15.0 Å². The van der Waals surface area contributed by atoms with Crippen LogP contribution in [0.15, 0.2) is 122 Å². The predicted molar refractivity (Wildman–Crippen MR) is 125 cm³/mol. The molecule has 0 bridgehead atoms. The second-order valence-electron chi connectivity index (χ2n) is 7.34. The van der Waals surface area contributed by atoms with Gasteiger partial charge in [0.15, 0.2) is 0 Å². The predicted octanol–water partition coefficient (Wildman–Crippen LogP) is 6.39. The number of benzene rings is 2. The van der Waals surface area contributed by atoms with E-state index in [4.69, 9.17) is 4.98 Å². The summed E-state index contributed by atoms with van der Waals surface area (Å²) in [5.41, 5.74) is 7.21. The van der Waals surface area contributed by atoms with Crippen molar-refractivity contribution in [1.82, 2.24) is 15.0 Å². The highest BCUT2D eigenvalue weighted by Crippen LogP contribution is 2.32. The lowest BCUT2D eigenvalue weighted by atomic mass is 9.90. The minimum absolute atomic E-state index is 0.0605. The molecule has 3 heterocycles. The maximum Gasteiger partial charge on any atom is 0.0889 e. The second-order valence-corrected chi connectivity index (χ2v) is 7.34. The molecule has 0 aliphatic rings. The van der Waals surface area contributed by atoms with Crippen molar-refractivity contribution in [3.63, 3.8) is 0 Å². The largest absolute Gasteiger partial charge is 0.260 e. The number of aromatic nitrogens is 3. The van der Waals surface area contributed by atoms with Crippen LogP contribution >= 0.6 is 0 Å². The maximum atomic E-state index is 4.97. The van der Waals surface area contributed by atoms with Crippen LogP contribution in [-0.2, 0) is 0 Å². The standard InChI is InChI=1S/C28H21N3/c1-2-9-21(10-3-1)22-15-17-23(18-16-22)28(26-12-5-7-20-30-26)27-14-8-13-25(31-27)24-11-4-6-19-29-24/h1-20,28H. The second kappa shape index (κ2) is 8.72. The fourth-order valence-electron chi connectivity index (χ4n) is 3.81. The Hall–Kier alpha value is -4.11. The van der Waals surface area contributed by atoms with E-state index >= 15 is 0 Å². The monoisotopic (exact) mass is 399 g/mol. The van der Waals surface area contributed by atoms with Gasteiger partial charge in [0, 0.05) is 12.4 Å². The molecule has 148 valence electrons. The molecule has 0 aliphatic carbocycles. The van der Waals surface area contributed by atoms with Gasteiger partial charge >= 0.3 is 0 Å². The third kappa shape index (κ3) is 4.12. The van der Waals surface area contributed by atoms with Crippen LogP contribution in [0.2, 0.25) is 0 Å². The quantitative estimate of drug-likeness (QED) is 0.344. The Balaban J connectivity index is 1.58. The first-order valence-corrected chi connectivity index (χ1v) is 10.3. The number of pyridine rings is 3. The van der Waals surface area contributed by atoms with E-state index in [2.05, 4.69) is 70.6 Å². The lowest BCUT2D eigenvalue weighted by Crippen LogP contribution is -2.08. The summed E-state index contributed by atoms with van der Waals surface area (Å²) < 4.78 is 0. The third-order valence-electron chi connectivity index (χ3n) is 5.33. The Bertz CT molecular complexity index is 1250. The smallest absolute Gasteiger partial charge is 0.0889 e. The molecule has 0 amide bonds. The van der Waals surface area contributed by atoms with Crippen LogP contribution in [0.1, 0.15) is 22.9 Å². The van der Waals surface area contributed by atoms with Gasteiger partial charge in [-0.15, -0.1) is 0 Å². The molecule has 3 aromatic heterocycles. The molecule has 0 saturated heterocycles. The normalized spacial score (nSPS) is 11.7. The Morgan fingerprint density at radius 3 is 1.81 bits per heavy atom. The molecule has 2 aromatic carbocycles. The van der Waals surface area contributed by atoms with Crippen LogP contribution in [0.25, 0.3) is 22.5 Å². The van der Waals surface area contributed by atoms with Crippen molar-refractivity contribution < 1.29 is 0 Å². The zero-order chi connectivity index (χ0) is 20.9. The average Bonchev–Trinajstić information content (AvgIpc) is 2.87. The molecular weight excluding hydrogens is 378 g/mol. The fourth-order valence-corrected chi connectivity index (χ4v) is 3.81. The third-order valence-corrected chi connectivity index (χ3v) is 5.33. The molecule has 31 heavy (non-hydrogen) atoms. The SMILES string of the molecule is c1ccc(-c2ccc(C(c3ccccn3)c3cccc(-c4ccccn4)n3)cc2)cc1. The van der Waals surface area contributed by atoms with Gasteiger partial charge in [-0.2, -0.15) is 0 Å². The topological polar surface area (TPSA) is 38.7 Å². The van der Waals surface area contributed by atoms with E-state index in [-0.39, 0.29) is 5.92 Å². The van der Waals surface area contributed by atoms with E-state index in [1.807, 2.05) is 54.7 Å². The maximum absolute atomic E-state index is 4.97. The minimum Gasteiger partial charge on any atom is -0.260 e. The van der Waals surface area contributed by atoms with Gasteiger partial charge in [0.2, 0.25) is 0 Å². The van der Waals surface area contributed by atoms with Crippen LogP contribution < -0.4 is 0 Å². The van der Waals surface area contributed by atoms with E-state index < -0.39 is 0 Å². The molecular formula is C28H21N3. The van der Waals surface area contributed by atoms with E-state index in [9.17, 15) is 0 Å². The molecule has 5 aromatic rings. The number of hydrogen-bond donors (Lipinski definition) is 0. The molecule has 0 saturated carbocycles. The molecule has 3 heteroatoms. The first-order chi connectivity index (χ1) is 15.4. The van der Waals surface area contributed by atoms with Crippen LogP contribution in [0, 0.1) is 0 Å². The summed E-state index contributed by atoms with van der Waals surface area (Å²) in [6.07, 6.45) is 3.63. The van der Waals surface area contributed by atoms with Gasteiger partial charge in [0.25, 0.3) is 0 Å². The Kier molecular flexibility index (Phi) is 5.31. The summed E-state index contributed by atoms with van der Waals surface area (Å²) in [5.74, 6) is -0.0605. The van der Waals surface area contributed by atoms with E-state index in [0.29, 0.717) is 0 Å². The van der Waals surface area contributed by atoms with Gasteiger partial charge in [0.05, 0.1) is 28.7 Å². The number of nitrogens with zero attached hydrogens (tertiary/aromatic N) is 3. The van der Waals surface area contributed by atoms with E-state index in [1.54, 1.807) is 6.20 Å². The Labute approximate surface area is 182 Å². The minimum atomic E-state index is -0.0605. The Morgan fingerprint density at radius 1 is 0.452 bits per heavy atom. The summed E-state index contributed by atoms with van der Waals surface area (Å²) in [6, 6.07) is 37.1.